The summed E-state index contributed by atoms with van der Waals surface area (Å²) < 4.78 is 3.86. The molecule has 0 atom stereocenters. The van der Waals surface area contributed by atoms with Crippen molar-refractivity contribution in [3.05, 3.63) is 0 Å². The number of hydrogen-bond donors (Lipinski definition) is 0. The predicted molar refractivity (Wildman–Crippen MR) is 15.7 cm³/mol. The van der Waals surface area contributed by atoms with E-state index in [1.165, 1.54) is 0 Å². The summed E-state index contributed by atoms with van der Waals surface area (Å²) in [6, 6.07) is 0. The van der Waals surface area contributed by atoms with E-state index >= 15 is 0 Å². The van der Waals surface area contributed by atoms with Crippen LogP contribution < -0.4 is 0 Å². The van der Waals surface area contributed by atoms with Crippen molar-refractivity contribution in [2.24, 2.45) is 0 Å². The Hall–Kier alpha value is -0.860. The maximum Gasteiger partial charge on any atom is 0.324 e. The average Bonchev–Trinajstić information content (AvgIpc) is 1.33. The molecule has 0 saturated carbocycles. The van der Waals surface area contributed by atoms with Gasteiger partial charge in [0.2, 0.25) is 0 Å². The first-order valence-electron chi connectivity index (χ1n) is 1.52. The second-order valence-electron chi connectivity index (χ2n) is 1.02. The summed E-state index contributed by atoms with van der Waals surface area (Å²) in [6.07, 6.45) is -0.0278. The van der Waals surface area contributed by atoms with E-state index in [-0.39, 0.29) is 6.42 Å². The first-order valence-corrected chi connectivity index (χ1v) is 1.52. The lowest BCUT2D eigenvalue weighted by atomic mass is 10.4. The molecule has 1 saturated heterocycles. The molecule has 1 rings (SSSR count). The highest BCUT2D eigenvalue weighted by molar-refractivity contribution is 6.06. The third kappa shape index (κ3) is 0.282. The number of esters is 2. The van der Waals surface area contributed by atoms with Gasteiger partial charge in [0.1, 0.15) is 6.42 Å². The van der Waals surface area contributed by atoms with E-state index in [0.29, 0.717) is 0 Å². The van der Waals surface area contributed by atoms with Gasteiger partial charge in [-0.3, -0.25) is 9.59 Å². The van der Waals surface area contributed by atoms with Crippen molar-refractivity contribution in [2.45, 2.75) is 6.42 Å². The first-order chi connectivity index (χ1) is 2.79. The van der Waals surface area contributed by atoms with Crippen molar-refractivity contribution in [2.75, 3.05) is 0 Å². The van der Waals surface area contributed by atoms with Gasteiger partial charge in [-0.15, -0.1) is 0 Å². The molecule has 3 nitrogen and oxygen atoms in total. The maximum atomic E-state index is 9.67. The molecular formula is C3H2O3. The quantitative estimate of drug-likeness (QED) is 0.293. The number of rotatable bonds is 0. The Kier molecular flexibility index (Phi) is 0.445. The molecule has 6 heavy (non-hydrogen) atoms. The minimum atomic E-state index is -0.417. The van der Waals surface area contributed by atoms with Gasteiger partial charge in [0.05, 0.1) is 0 Å². The predicted octanol–water partition coefficient (Wildman–Crippen LogP) is -0.540. The highest BCUT2D eigenvalue weighted by atomic mass is 16.6. The monoisotopic (exact) mass is 86.0 g/mol. The van der Waals surface area contributed by atoms with E-state index in [9.17, 15) is 9.59 Å². The smallest absolute Gasteiger partial charge is 0.324 e. The number of ether oxygens (including phenoxy) is 1. The molecule has 32 valence electrons. The molecule has 3 heteroatoms. The van der Waals surface area contributed by atoms with Gasteiger partial charge < -0.3 is 4.74 Å². The summed E-state index contributed by atoms with van der Waals surface area (Å²) >= 11 is 0. The Balaban J connectivity index is 2.47. The van der Waals surface area contributed by atoms with Crippen LogP contribution in [0, 0.1) is 0 Å². The normalized spacial score (nSPS) is 19.3. The van der Waals surface area contributed by atoms with Crippen LogP contribution in [0.2, 0.25) is 0 Å². The van der Waals surface area contributed by atoms with Crippen LogP contribution in [0.25, 0.3) is 0 Å². The molecule has 1 fully saturated rings. The highest BCUT2D eigenvalue weighted by Gasteiger charge is 2.24. The van der Waals surface area contributed by atoms with E-state index in [0.717, 1.165) is 0 Å². The second kappa shape index (κ2) is 0.801. The maximum absolute atomic E-state index is 9.67. The van der Waals surface area contributed by atoms with E-state index in [1.807, 2.05) is 0 Å². The third-order valence-corrected chi connectivity index (χ3v) is 0.516. The highest BCUT2D eigenvalue weighted by Crippen LogP contribution is 2.00. The van der Waals surface area contributed by atoms with Crippen molar-refractivity contribution in [1.82, 2.24) is 0 Å². The van der Waals surface area contributed by atoms with Crippen LogP contribution in [0.15, 0.2) is 0 Å². The Labute approximate surface area is 33.9 Å². The lowest BCUT2D eigenvalue weighted by Crippen LogP contribution is -2.26. The summed E-state index contributed by atoms with van der Waals surface area (Å²) in [5, 5.41) is 0. The van der Waals surface area contributed by atoms with E-state index in [4.69, 9.17) is 0 Å². The molecule has 0 unspecified atom stereocenters. The Morgan fingerprint density at radius 3 is 1.67 bits per heavy atom. The van der Waals surface area contributed by atoms with Crippen LogP contribution in [0.4, 0.5) is 0 Å². The first kappa shape index (κ1) is 3.33. The Bertz CT molecular complexity index is 82.6. The van der Waals surface area contributed by atoms with Gasteiger partial charge in [-0.1, -0.05) is 0 Å². The van der Waals surface area contributed by atoms with E-state index < -0.39 is 11.9 Å². The van der Waals surface area contributed by atoms with Gasteiger partial charge >= 0.3 is 11.9 Å². The number of hydrogen-bond acceptors (Lipinski definition) is 3. The molecule has 0 N–H and O–H groups in total. The molecule has 0 bridgehead atoms. The summed E-state index contributed by atoms with van der Waals surface area (Å²) in [5.41, 5.74) is 0. The lowest BCUT2D eigenvalue weighted by molar-refractivity contribution is -0.174. The van der Waals surface area contributed by atoms with Crippen LogP contribution in [0.3, 0.4) is 0 Å². The van der Waals surface area contributed by atoms with Crippen molar-refractivity contribution < 1.29 is 14.3 Å². The average molecular weight is 86.0 g/mol. The summed E-state index contributed by atoms with van der Waals surface area (Å²) in [4.78, 5) is 19.3. The fourth-order valence-electron chi connectivity index (χ4n) is 0.236. The molecule has 1 aliphatic heterocycles. The van der Waals surface area contributed by atoms with Crippen LogP contribution in [0.1, 0.15) is 6.42 Å². The largest absolute Gasteiger partial charge is 0.392 e. The fraction of sp³-hybridized carbons (Fsp3) is 0.333. The summed E-state index contributed by atoms with van der Waals surface area (Å²) in [5.74, 6) is -0.833. The standard InChI is InChI=1S/C3H2O3/c4-2-1-3(5)6-2/h1H2. The van der Waals surface area contributed by atoms with Crippen molar-refractivity contribution in [1.29, 1.82) is 0 Å². The van der Waals surface area contributed by atoms with Crippen LogP contribution >= 0.6 is 0 Å². The van der Waals surface area contributed by atoms with Gasteiger partial charge in [-0.25, -0.2) is 0 Å². The molecule has 0 aromatic rings. The van der Waals surface area contributed by atoms with Gasteiger partial charge in [0.25, 0.3) is 0 Å². The summed E-state index contributed by atoms with van der Waals surface area (Å²) in [6.45, 7) is 0. The molecule has 0 amide bonds. The van der Waals surface area contributed by atoms with Crippen molar-refractivity contribution >= 4 is 11.9 Å². The van der Waals surface area contributed by atoms with E-state index in [1.54, 1.807) is 0 Å². The Morgan fingerprint density at radius 1 is 1.33 bits per heavy atom. The van der Waals surface area contributed by atoms with Crippen LogP contribution in [-0.4, -0.2) is 11.9 Å². The van der Waals surface area contributed by atoms with Crippen LogP contribution in [0.5, 0.6) is 0 Å². The topological polar surface area (TPSA) is 43.4 Å². The second-order valence-corrected chi connectivity index (χ2v) is 1.02. The number of cyclic esters (lactones) is 2. The molecule has 0 aromatic carbocycles. The molecular weight excluding hydrogens is 84.0 g/mol. The Morgan fingerprint density at radius 2 is 1.67 bits per heavy atom. The van der Waals surface area contributed by atoms with Crippen molar-refractivity contribution in [3.63, 3.8) is 0 Å². The number of carbonyl (C=O) groups excluding carboxylic acids is 2. The molecule has 1 heterocycles. The number of carbonyl (C=O) groups is 2. The zero-order valence-corrected chi connectivity index (χ0v) is 2.93. The zero-order chi connectivity index (χ0) is 4.57. The third-order valence-electron chi connectivity index (χ3n) is 0.516. The zero-order valence-electron chi connectivity index (χ0n) is 2.93. The van der Waals surface area contributed by atoms with Gasteiger partial charge in [-0.05, 0) is 0 Å². The molecule has 0 radical (unpaired) electrons. The van der Waals surface area contributed by atoms with Gasteiger partial charge in [0, 0.05) is 0 Å². The minimum absolute atomic E-state index is 0.0278. The van der Waals surface area contributed by atoms with Crippen LogP contribution in [-0.2, 0) is 14.3 Å². The minimum Gasteiger partial charge on any atom is -0.392 e. The fourth-order valence-corrected chi connectivity index (χ4v) is 0.236. The molecule has 0 spiro atoms. The van der Waals surface area contributed by atoms with Gasteiger partial charge in [0.15, 0.2) is 0 Å². The van der Waals surface area contributed by atoms with E-state index in [2.05, 4.69) is 4.74 Å². The lowest BCUT2D eigenvalue weighted by Gasteiger charge is -2.06. The van der Waals surface area contributed by atoms with Crippen molar-refractivity contribution in [3.8, 4) is 0 Å². The molecule has 0 aromatic heterocycles. The summed E-state index contributed by atoms with van der Waals surface area (Å²) in [7, 11) is 0. The SMILES string of the molecule is O=C1CC(=O)O1. The molecule has 1 aliphatic rings. The molecule has 0 aliphatic carbocycles. The van der Waals surface area contributed by atoms with Gasteiger partial charge in [-0.2, -0.15) is 0 Å².